The van der Waals surface area contributed by atoms with Gasteiger partial charge >= 0.3 is 0 Å². The SMILES string of the molecule is CCCC(C)C(=O)CCC1C(O)CC(O)C1C=O. The van der Waals surface area contributed by atoms with Gasteiger partial charge in [-0.3, -0.25) is 4.79 Å². The molecule has 1 aliphatic carbocycles. The Labute approximate surface area is 108 Å². The van der Waals surface area contributed by atoms with Gasteiger partial charge in [0.2, 0.25) is 0 Å². The first kappa shape index (κ1) is 15.3. The van der Waals surface area contributed by atoms with Gasteiger partial charge in [-0.05, 0) is 18.8 Å². The van der Waals surface area contributed by atoms with Crippen LogP contribution in [0.5, 0.6) is 0 Å². The average Bonchev–Trinajstić information content (AvgIpc) is 2.60. The third kappa shape index (κ3) is 3.62. The molecular weight excluding hydrogens is 232 g/mol. The van der Waals surface area contributed by atoms with E-state index in [0.29, 0.717) is 19.1 Å². The number of ketones is 1. The molecule has 0 heterocycles. The third-order valence-electron chi connectivity index (χ3n) is 4.07. The van der Waals surface area contributed by atoms with Crippen LogP contribution in [0.3, 0.4) is 0 Å². The largest absolute Gasteiger partial charge is 0.393 e. The molecule has 2 N–H and O–H groups in total. The van der Waals surface area contributed by atoms with Crippen molar-refractivity contribution < 1.29 is 19.8 Å². The highest BCUT2D eigenvalue weighted by atomic mass is 16.3. The number of hydrogen-bond donors (Lipinski definition) is 2. The van der Waals surface area contributed by atoms with Gasteiger partial charge in [0.1, 0.15) is 12.1 Å². The van der Waals surface area contributed by atoms with Crippen LogP contribution in [0.2, 0.25) is 0 Å². The van der Waals surface area contributed by atoms with E-state index in [9.17, 15) is 19.8 Å². The lowest BCUT2D eigenvalue weighted by molar-refractivity contribution is -0.123. The van der Waals surface area contributed by atoms with Gasteiger partial charge in [0.15, 0.2) is 0 Å². The summed E-state index contributed by atoms with van der Waals surface area (Å²) in [5.41, 5.74) is 0. The minimum Gasteiger partial charge on any atom is -0.393 e. The Morgan fingerprint density at radius 3 is 2.61 bits per heavy atom. The van der Waals surface area contributed by atoms with Crippen LogP contribution >= 0.6 is 0 Å². The summed E-state index contributed by atoms with van der Waals surface area (Å²) in [4.78, 5) is 22.7. The Balaban J connectivity index is 2.47. The van der Waals surface area contributed by atoms with Crippen molar-refractivity contribution in [1.29, 1.82) is 0 Å². The van der Waals surface area contributed by atoms with Gasteiger partial charge in [-0.25, -0.2) is 0 Å². The fourth-order valence-electron chi connectivity index (χ4n) is 2.85. The number of rotatable bonds is 7. The molecule has 1 rings (SSSR count). The highest BCUT2D eigenvalue weighted by Gasteiger charge is 2.41. The van der Waals surface area contributed by atoms with E-state index in [1.165, 1.54) is 0 Å². The Morgan fingerprint density at radius 1 is 1.39 bits per heavy atom. The minimum atomic E-state index is -0.759. The Morgan fingerprint density at radius 2 is 2.06 bits per heavy atom. The van der Waals surface area contributed by atoms with Crippen LogP contribution in [-0.2, 0) is 9.59 Å². The van der Waals surface area contributed by atoms with Crippen LogP contribution in [0.25, 0.3) is 0 Å². The van der Waals surface area contributed by atoms with Crippen molar-refractivity contribution in [2.24, 2.45) is 17.8 Å². The van der Waals surface area contributed by atoms with Crippen LogP contribution in [0.4, 0.5) is 0 Å². The molecule has 1 fully saturated rings. The summed E-state index contributed by atoms with van der Waals surface area (Å²) in [5, 5.41) is 19.4. The summed E-state index contributed by atoms with van der Waals surface area (Å²) in [6.07, 6.45) is 2.28. The number of aliphatic hydroxyl groups excluding tert-OH is 2. The van der Waals surface area contributed by atoms with Crippen molar-refractivity contribution in [3.05, 3.63) is 0 Å². The smallest absolute Gasteiger partial charge is 0.135 e. The number of aldehydes is 1. The molecular formula is C14H24O4. The average molecular weight is 256 g/mol. The Kier molecular flexibility index (Phi) is 5.96. The zero-order chi connectivity index (χ0) is 13.7. The molecule has 0 aromatic carbocycles. The van der Waals surface area contributed by atoms with Crippen LogP contribution in [0.15, 0.2) is 0 Å². The van der Waals surface area contributed by atoms with Crippen LogP contribution in [-0.4, -0.2) is 34.5 Å². The van der Waals surface area contributed by atoms with Crippen molar-refractivity contribution >= 4 is 12.1 Å². The molecule has 1 aliphatic rings. The van der Waals surface area contributed by atoms with Crippen LogP contribution < -0.4 is 0 Å². The summed E-state index contributed by atoms with van der Waals surface area (Å²) in [5.74, 6) is -0.548. The second-order valence-corrected chi connectivity index (χ2v) is 5.44. The van der Waals surface area contributed by atoms with E-state index >= 15 is 0 Å². The zero-order valence-corrected chi connectivity index (χ0v) is 11.2. The fourth-order valence-corrected chi connectivity index (χ4v) is 2.85. The second kappa shape index (κ2) is 7.00. The van der Waals surface area contributed by atoms with Crippen molar-refractivity contribution in [3.8, 4) is 0 Å². The maximum atomic E-state index is 11.8. The van der Waals surface area contributed by atoms with E-state index < -0.39 is 18.1 Å². The Bertz CT molecular complexity index is 290. The molecule has 0 bridgehead atoms. The predicted octanol–water partition coefficient (Wildman–Crippen LogP) is 1.33. The third-order valence-corrected chi connectivity index (χ3v) is 4.07. The van der Waals surface area contributed by atoms with E-state index in [1.807, 2.05) is 13.8 Å². The number of hydrogen-bond acceptors (Lipinski definition) is 4. The minimum absolute atomic E-state index is 0.0492. The number of carbonyl (C=O) groups excluding carboxylic acids is 2. The van der Waals surface area contributed by atoms with E-state index in [-0.39, 0.29) is 24.0 Å². The summed E-state index contributed by atoms with van der Waals surface area (Å²) < 4.78 is 0. The van der Waals surface area contributed by atoms with Gasteiger partial charge in [0, 0.05) is 24.7 Å². The highest BCUT2D eigenvalue weighted by Crippen LogP contribution is 2.34. The lowest BCUT2D eigenvalue weighted by atomic mass is 9.87. The van der Waals surface area contributed by atoms with Crippen LogP contribution in [0.1, 0.15) is 46.0 Å². The van der Waals surface area contributed by atoms with Crippen molar-refractivity contribution in [1.82, 2.24) is 0 Å². The normalized spacial score (nSPS) is 33.3. The Hall–Kier alpha value is -0.740. The molecule has 1 saturated carbocycles. The lowest BCUT2D eigenvalue weighted by Gasteiger charge is -2.19. The lowest BCUT2D eigenvalue weighted by Crippen LogP contribution is -2.25. The quantitative estimate of drug-likeness (QED) is 0.674. The first-order chi connectivity index (χ1) is 8.51. The number of aliphatic hydroxyl groups is 2. The molecule has 104 valence electrons. The van der Waals surface area contributed by atoms with Gasteiger partial charge in [-0.15, -0.1) is 0 Å². The van der Waals surface area contributed by atoms with Crippen molar-refractivity contribution in [2.45, 2.75) is 58.2 Å². The second-order valence-electron chi connectivity index (χ2n) is 5.44. The van der Waals surface area contributed by atoms with Crippen molar-refractivity contribution in [2.75, 3.05) is 0 Å². The number of Topliss-reactive ketones (excluding diaryl/α,β-unsaturated/α-hetero) is 1. The molecule has 0 aromatic heterocycles. The molecule has 0 radical (unpaired) electrons. The fraction of sp³-hybridized carbons (Fsp3) is 0.857. The van der Waals surface area contributed by atoms with E-state index in [2.05, 4.69) is 0 Å². The first-order valence-corrected chi connectivity index (χ1v) is 6.85. The summed E-state index contributed by atoms with van der Waals surface area (Å²) in [7, 11) is 0. The molecule has 18 heavy (non-hydrogen) atoms. The predicted molar refractivity (Wildman–Crippen MR) is 68.0 cm³/mol. The molecule has 5 unspecified atom stereocenters. The topological polar surface area (TPSA) is 74.6 Å². The molecule has 0 spiro atoms. The van der Waals surface area contributed by atoms with Gasteiger partial charge in [0.05, 0.1) is 12.2 Å². The van der Waals surface area contributed by atoms with Gasteiger partial charge < -0.3 is 15.0 Å². The maximum Gasteiger partial charge on any atom is 0.135 e. The van der Waals surface area contributed by atoms with Gasteiger partial charge in [-0.1, -0.05) is 20.3 Å². The summed E-state index contributed by atoms with van der Waals surface area (Å²) in [6.45, 7) is 3.96. The number of carbonyl (C=O) groups is 2. The zero-order valence-electron chi connectivity index (χ0n) is 11.2. The van der Waals surface area contributed by atoms with Crippen LogP contribution in [0, 0.1) is 17.8 Å². The molecule has 0 aromatic rings. The standard InChI is InChI=1S/C14H24O4/c1-3-4-9(2)12(16)6-5-10-11(8-15)14(18)7-13(10)17/h8-11,13-14,17-18H,3-7H2,1-2H3. The molecule has 0 aliphatic heterocycles. The molecule has 0 amide bonds. The summed E-state index contributed by atoms with van der Waals surface area (Å²) >= 11 is 0. The maximum absolute atomic E-state index is 11.8. The van der Waals surface area contributed by atoms with Gasteiger partial charge in [-0.2, -0.15) is 0 Å². The monoisotopic (exact) mass is 256 g/mol. The van der Waals surface area contributed by atoms with E-state index in [1.54, 1.807) is 0 Å². The molecule has 0 saturated heterocycles. The van der Waals surface area contributed by atoms with E-state index in [4.69, 9.17) is 0 Å². The first-order valence-electron chi connectivity index (χ1n) is 6.85. The van der Waals surface area contributed by atoms with Crippen molar-refractivity contribution in [3.63, 3.8) is 0 Å². The molecule has 4 heteroatoms. The van der Waals surface area contributed by atoms with E-state index in [0.717, 1.165) is 12.8 Å². The summed E-state index contributed by atoms with van der Waals surface area (Å²) in [6, 6.07) is 0. The van der Waals surface area contributed by atoms with Gasteiger partial charge in [0.25, 0.3) is 0 Å². The molecule has 4 nitrogen and oxygen atoms in total. The molecule has 5 atom stereocenters. The highest BCUT2D eigenvalue weighted by molar-refractivity contribution is 5.80.